The van der Waals surface area contributed by atoms with Crippen molar-refractivity contribution in [3.05, 3.63) is 23.2 Å². The molecule has 0 radical (unpaired) electrons. The van der Waals surface area contributed by atoms with E-state index in [1.54, 1.807) is 0 Å². The Hall–Kier alpha value is -1.11. The van der Waals surface area contributed by atoms with Crippen molar-refractivity contribution in [1.82, 2.24) is 5.32 Å². The number of likely N-dealkylation sites (N-methyl/N-ethyl adjacent to an activating group) is 1. The summed E-state index contributed by atoms with van der Waals surface area (Å²) in [7, 11) is -3.32. The van der Waals surface area contributed by atoms with Crippen molar-refractivity contribution in [3.8, 4) is 0 Å². The van der Waals surface area contributed by atoms with Crippen LogP contribution in [0.25, 0.3) is 0 Å². The fraction of sp³-hybridized carbons (Fsp3) is 0.364. The molecule has 0 saturated heterocycles. The number of nitrogens with one attached hydrogen (secondary N) is 2. The van der Waals surface area contributed by atoms with Crippen LogP contribution in [0.5, 0.6) is 0 Å². The largest absolute Gasteiger partial charge is 0.324 e. The number of benzene rings is 1. The molecule has 18 heavy (non-hydrogen) atoms. The fourth-order valence-electron chi connectivity index (χ4n) is 1.26. The number of sulfone groups is 1. The topological polar surface area (TPSA) is 75.3 Å². The molecule has 0 bridgehead atoms. The smallest absolute Gasteiger partial charge is 0.238 e. The zero-order chi connectivity index (χ0) is 13.8. The lowest BCUT2D eigenvalue weighted by molar-refractivity contribution is -0.115. The molecule has 0 heterocycles. The van der Waals surface area contributed by atoms with Crippen LogP contribution in [-0.4, -0.2) is 33.7 Å². The summed E-state index contributed by atoms with van der Waals surface area (Å²) in [6.07, 6.45) is 1.10. The predicted molar refractivity (Wildman–Crippen MR) is 71.7 cm³/mol. The maximum atomic E-state index is 11.5. The fourth-order valence-corrected chi connectivity index (χ4v) is 2.08. The van der Waals surface area contributed by atoms with Gasteiger partial charge in [-0.15, -0.1) is 0 Å². The predicted octanol–water partition coefficient (Wildman–Crippen LogP) is 1.29. The van der Waals surface area contributed by atoms with Gasteiger partial charge in [0.1, 0.15) is 0 Å². The number of rotatable bonds is 5. The van der Waals surface area contributed by atoms with Gasteiger partial charge in [-0.1, -0.05) is 18.5 Å². The van der Waals surface area contributed by atoms with E-state index in [2.05, 4.69) is 10.6 Å². The van der Waals surface area contributed by atoms with Crippen LogP contribution in [0.3, 0.4) is 0 Å². The molecular weight excluding hydrogens is 276 g/mol. The Morgan fingerprint density at radius 3 is 2.61 bits per heavy atom. The van der Waals surface area contributed by atoms with Gasteiger partial charge in [0.2, 0.25) is 5.91 Å². The molecule has 1 amide bonds. The molecule has 0 aromatic heterocycles. The zero-order valence-corrected chi connectivity index (χ0v) is 11.7. The van der Waals surface area contributed by atoms with Crippen LogP contribution in [0.4, 0.5) is 5.69 Å². The molecule has 0 saturated carbocycles. The second-order valence-electron chi connectivity index (χ2n) is 3.74. The van der Waals surface area contributed by atoms with Crippen LogP contribution < -0.4 is 10.6 Å². The van der Waals surface area contributed by atoms with Gasteiger partial charge in [-0.05, 0) is 24.7 Å². The van der Waals surface area contributed by atoms with Crippen molar-refractivity contribution < 1.29 is 13.2 Å². The number of halogens is 1. The van der Waals surface area contributed by atoms with Crippen LogP contribution in [0.15, 0.2) is 23.1 Å². The summed E-state index contributed by atoms with van der Waals surface area (Å²) in [5.74, 6) is -0.274. The van der Waals surface area contributed by atoms with E-state index in [1.807, 2.05) is 6.92 Å². The standard InChI is InChI=1S/C11H15ClN2O3S/c1-3-13-7-11(15)14-10-6-8(18(2,16)17)4-5-9(10)12/h4-6,13H,3,7H2,1-2H3,(H,14,15). The Morgan fingerprint density at radius 1 is 1.39 bits per heavy atom. The average Bonchev–Trinajstić information content (AvgIpc) is 2.28. The number of hydrogen-bond acceptors (Lipinski definition) is 4. The molecule has 0 fully saturated rings. The quantitative estimate of drug-likeness (QED) is 0.857. The number of carbonyl (C=O) groups is 1. The third-order valence-corrected chi connectivity index (χ3v) is 3.62. The molecule has 0 aliphatic rings. The number of amides is 1. The summed E-state index contributed by atoms with van der Waals surface area (Å²) in [5.41, 5.74) is 0.294. The van der Waals surface area contributed by atoms with Crippen molar-refractivity contribution in [1.29, 1.82) is 0 Å². The average molecular weight is 291 g/mol. The molecule has 0 atom stereocenters. The molecule has 0 aliphatic heterocycles. The van der Waals surface area contributed by atoms with Crippen LogP contribution in [0.2, 0.25) is 5.02 Å². The van der Waals surface area contributed by atoms with Crippen LogP contribution >= 0.6 is 11.6 Å². The highest BCUT2D eigenvalue weighted by molar-refractivity contribution is 7.90. The molecule has 0 unspecified atom stereocenters. The molecule has 0 spiro atoms. The van der Waals surface area contributed by atoms with Gasteiger partial charge in [0.15, 0.2) is 9.84 Å². The van der Waals surface area contributed by atoms with E-state index in [1.165, 1.54) is 18.2 Å². The van der Waals surface area contributed by atoms with Gasteiger partial charge in [0.05, 0.1) is 22.2 Å². The minimum absolute atomic E-state index is 0.116. The number of carbonyl (C=O) groups excluding carboxylic acids is 1. The molecule has 1 rings (SSSR count). The van der Waals surface area contributed by atoms with Crippen molar-refractivity contribution in [2.45, 2.75) is 11.8 Å². The number of hydrogen-bond donors (Lipinski definition) is 2. The van der Waals surface area contributed by atoms with Crippen molar-refractivity contribution in [3.63, 3.8) is 0 Å². The van der Waals surface area contributed by atoms with E-state index in [9.17, 15) is 13.2 Å². The summed E-state index contributed by atoms with van der Waals surface area (Å²) in [5, 5.41) is 5.72. The van der Waals surface area contributed by atoms with Crippen molar-refractivity contribution >= 4 is 33.0 Å². The second kappa shape index (κ2) is 6.17. The molecule has 5 nitrogen and oxygen atoms in total. The van der Waals surface area contributed by atoms with Gasteiger partial charge < -0.3 is 10.6 Å². The van der Waals surface area contributed by atoms with E-state index in [0.29, 0.717) is 17.3 Å². The first-order valence-corrected chi connectivity index (χ1v) is 7.61. The first-order chi connectivity index (χ1) is 8.34. The molecular formula is C11H15ClN2O3S. The molecule has 100 valence electrons. The lowest BCUT2D eigenvalue weighted by Crippen LogP contribution is -2.27. The normalized spacial score (nSPS) is 11.3. The monoisotopic (exact) mass is 290 g/mol. The van der Waals surface area contributed by atoms with E-state index in [4.69, 9.17) is 11.6 Å². The van der Waals surface area contributed by atoms with Gasteiger partial charge in [-0.2, -0.15) is 0 Å². The SMILES string of the molecule is CCNCC(=O)Nc1cc(S(C)(=O)=O)ccc1Cl. The summed E-state index contributed by atoms with van der Waals surface area (Å²) in [4.78, 5) is 11.6. The Balaban J connectivity index is 2.92. The molecule has 1 aromatic rings. The highest BCUT2D eigenvalue weighted by Gasteiger charge is 2.11. The summed E-state index contributed by atoms with van der Waals surface area (Å²) in [6.45, 7) is 2.70. The first kappa shape index (κ1) is 14.9. The maximum absolute atomic E-state index is 11.5. The molecule has 1 aromatic carbocycles. The van der Waals surface area contributed by atoms with Crippen LogP contribution in [0, 0.1) is 0 Å². The minimum Gasteiger partial charge on any atom is -0.324 e. The summed E-state index contributed by atoms with van der Waals surface area (Å²) >= 11 is 5.89. The van der Waals surface area contributed by atoms with E-state index in [0.717, 1.165) is 6.26 Å². The Morgan fingerprint density at radius 2 is 2.06 bits per heavy atom. The lowest BCUT2D eigenvalue weighted by Gasteiger charge is -2.09. The second-order valence-corrected chi connectivity index (χ2v) is 6.17. The Kier molecular flexibility index (Phi) is 5.13. The van der Waals surface area contributed by atoms with Crippen LogP contribution in [-0.2, 0) is 14.6 Å². The Bertz CT molecular complexity index is 543. The third-order valence-electron chi connectivity index (χ3n) is 2.18. The van der Waals surface area contributed by atoms with Crippen LogP contribution in [0.1, 0.15) is 6.92 Å². The molecule has 0 aliphatic carbocycles. The van der Waals surface area contributed by atoms with Crippen molar-refractivity contribution in [2.75, 3.05) is 24.7 Å². The van der Waals surface area contributed by atoms with Gasteiger partial charge in [-0.25, -0.2) is 8.42 Å². The zero-order valence-electron chi connectivity index (χ0n) is 10.2. The molecule has 2 N–H and O–H groups in total. The lowest BCUT2D eigenvalue weighted by atomic mass is 10.3. The Labute approximate surface area is 111 Å². The van der Waals surface area contributed by atoms with Gasteiger partial charge in [-0.3, -0.25) is 4.79 Å². The van der Waals surface area contributed by atoms with Gasteiger partial charge >= 0.3 is 0 Å². The van der Waals surface area contributed by atoms with Gasteiger partial charge in [0.25, 0.3) is 0 Å². The van der Waals surface area contributed by atoms with Crippen molar-refractivity contribution in [2.24, 2.45) is 0 Å². The van der Waals surface area contributed by atoms with E-state index >= 15 is 0 Å². The first-order valence-electron chi connectivity index (χ1n) is 5.34. The van der Waals surface area contributed by atoms with Gasteiger partial charge in [0, 0.05) is 6.26 Å². The molecule has 7 heteroatoms. The highest BCUT2D eigenvalue weighted by Crippen LogP contribution is 2.25. The van der Waals surface area contributed by atoms with E-state index < -0.39 is 9.84 Å². The highest BCUT2D eigenvalue weighted by atomic mass is 35.5. The van der Waals surface area contributed by atoms with E-state index in [-0.39, 0.29) is 17.3 Å². The number of anilines is 1. The third kappa shape index (κ3) is 4.29. The summed E-state index contributed by atoms with van der Waals surface area (Å²) in [6, 6.07) is 4.19. The summed E-state index contributed by atoms with van der Waals surface area (Å²) < 4.78 is 22.8. The minimum atomic E-state index is -3.32. The maximum Gasteiger partial charge on any atom is 0.238 e.